The van der Waals surface area contributed by atoms with Crippen LogP contribution in [0.1, 0.15) is 27.2 Å². The van der Waals surface area contributed by atoms with E-state index in [1.54, 1.807) is 6.92 Å². The van der Waals surface area contributed by atoms with E-state index in [1.807, 2.05) is 0 Å². The van der Waals surface area contributed by atoms with Gasteiger partial charge in [-0.25, -0.2) is 0 Å². The van der Waals surface area contributed by atoms with Crippen molar-refractivity contribution in [2.75, 3.05) is 6.61 Å². The lowest BCUT2D eigenvalue weighted by Crippen LogP contribution is -2.17. The Bertz CT molecular complexity index is 259. The van der Waals surface area contributed by atoms with Crippen LogP contribution < -0.4 is 0 Å². The predicted octanol–water partition coefficient (Wildman–Crippen LogP) is 0.895. The molecule has 0 aliphatic heterocycles. The first-order valence-electron chi connectivity index (χ1n) is 4.29. The van der Waals surface area contributed by atoms with Crippen LogP contribution in [0.15, 0.2) is 0 Å². The molecule has 0 N–H and O–H groups in total. The molecule has 0 spiro atoms. The lowest BCUT2D eigenvalue weighted by Gasteiger charge is -2.10. The van der Waals surface area contributed by atoms with Crippen LogP contribution in [0.3, 0.4) is 0 Å². The minimum Gasteiger partial charge on any atom is -0.466 e. The van der Waals surface area contributed by atoms with E-state index in [1.165, 1.54) is 13.8 Å². The fourth-order valence-corrected chi connectivity index (χ4v) is 0.832. The number of hydrogen-bond donors (Lipinski definition) is 0. The molecule has 0 aromatic rings. The second-order valence-corrected chi connectivity index (χ2v) is 2.62. The maximum Gasteiger partial charge on any atom is 0.303 e. The van der Waals surface area contributed by atoms with E-state index in [4.69, 9.17) is 9.47 Å². The molecule has 0 saturated heterocycles. The van der Waals surface area contributed by atoms with Gasteiger partial charge in [-0.1, -0.05) is 5.92 Å². The molecular formula is C10H14O4. The summed E-state index contributed by atoms with van der Waals surface area (Å²) in [5, 5.41) is 0. The number of esters is 2. The highest BCUT2D eigenvalue weighted by Crippen LogP contribution is 1.98. The number of ether oxygens (including phenoxy) is 2. The van der Waals surface area contributed by atoms with Gasteiger partial charge in [0.1, 0.15) is 0 Å². The van der Waals surface area contributed by atoms with Gasteiger partial charge >= 0.3 is 11.9 Å². The summed E-state index contributed by atoms with van der Waals surface area (Å²) in [5.41, 5.74) is 0. The van der Waals surface area contributed by atoms with E-state index in [-0.39, 0.29) is 18.5 Å². The van der Waals surface area contributed by atoms with E-state index >= 15 is 0 Å². The van der Waals surface area contributed by atoms with Gasteiger partial charge < -0.3 is 9.47 Å². The van der Waals surface area contributed by atoms with Gasteiger partial charge in [0, 0.05) is 20.3 Å². The summed E-state index contributed by atoms with van der Waals surface area (Å²) in [6, 6.07) is 0. The quantitative estimate of drug-likeness (QED) is 0.497. The Labute approximate surface area is 83.6 Å². The fourth-order valence-electron chi connectivity index (χ4n) is 0.832. The summed E-state index contributed by atoms with van der Waals surface area (Å²) in [7, 11) is 0. The molecule has 0 aliphatic rings. The third-order valence-electron chi connectivity index (χ3n) is 1.30. The predicted molar refractivity (Wildman–Crippen MR) is 50.3 cm³/mol. The van der Waals surface area contributed by atoms with Gasteiger partial charge in [0.05, 0.1) is 6.61 Å². The van der Waals surface area contributed by atoms with Crippen LogP contribution >= 0.6 is 0 Å². The zero-order valence-corrected chi connectivity index (χ0v) is 8.62. The molecule has 0 rings (SSSR count). The van der Waals surface area contributed by atoms with Crippen LogP contribution in [0.4, 0.5) is 0 Å². The lowest BCUT2D eigenvalue weighted by molar-refractivity contribution is -0.145. The van der Waals surface area contributed by atoms with Crippen molar-refractivity contribution in [2.45, 2.75) is 33.3 Å². The van der Waals surface area contributed by atoms with Crippen molar-refractivity contribution in [1.29, 1.82) is 0 Å². The summed E-state index contributed by atoms with van der Waals surface area (Å²) >= 11 is 0. The summed E-state index contributed by atoms with van der Waals surface area (Å²) < 4.78 is 9.57. The van der Waals surface area contributed by atoms with E-state index in [9.17, 15) is 9.59 Å². The Morgan fingerprint density at radius 2 is 1.93 bits per heavy atom. The van der Waals surface area contributed by atoms with Crippen molar-refractivity contribution in [3.05, 3.63) is 0 Å². The molecule has 0 aliphatic carbocycles. The third-order valence-corrected chi connectivity index (χ3v) is 1.30. The minimum absolute atomic E-state index is 0.210. The fraction of sp³-hybridized carbons (Fsp3) is 0.600. The van der Waals surface area contributed by atoms with Gasteiger partial charge in [0.2, 0.25) is 0 Å². The average molecular weight is 198 g/mol. The van der Waals surface area contributed by atoms with E-state index in [0.29, 0.717) is 6.42 Å². The van der Waals surface area contributed by atoms with Crippen LogP contribution in [0.25, 0.3) is 0 Å². The number of carbonyl (C=O) groups excluding carboxylic acids is 2. The van der Waals surface area contributed by atoms with Gasteiger partial charge in [-0.3, -0.25) is 9.59 Å². The van der Waals surface area contributed by atoms with Crippen molar-refractivity contribution >= 4 is 11.9 Å². The monoisotopic (exact) mass is 198 g/mol. The Morgan fingerprint density at radius 1 is 1.29 bits per heavy atom. The Kier molecular flexibility index (Phi) is 6.21. The second kappa shape index (κ2) is 6.96. The van der Waals surface area contributed by atoms with Crippen molar-refractivity contribution in [3.63, 3.8) is 0 Å². The van der Waals surface area contributed by atoms with Crippen molar-refractivity contribution in [1.82, 2.24) is 0 Å². The van der Waals surface area contributed by atoms with E-state index in [2.05, 4.69) is 11.8 Å². The maximum atomic E-state index is 10.6. The summed E-state index contributed by atoms with van der Waals surface area (Å²) in [6.45, 7) is 4.51. The van der Waals surface area contributed by atoms with Gasteiger partial charge in [-0.15, -0.1) is 5.92 Å². The summed E-state index contributed by atoms with van der Waals surface area (Å²) in [4.78, 5) is 21.1. The van der Waals surface area contributed by atoms with Crippen LogP contribution in [0.5, 0.6) is 0 Å². The molecule has 0 bridgehead atoms. The molecule has 14 heavy (non-hydrogen) atoms. The molecule has 0 amide bonds. The number of hydrogen-bond acceptors (Lipinski definition) is 4. The van der Waals surface area contributed by atoms with Crippen molar-refractivity contribution < 1.29 is 19.1 Å². The van der Waals surface area contributed by atoms with Gasteiger partial charge in [-0.2, -0.15) is 0 Å². The van der Waals surface area contributed by atoms with E-state index in [0.717, 1.165) is 0 Å². The van der Waals surface area contributed by atoms with Gasteiger partial charge in [-0.05, 0) is 6.92 Å². The normalized spacial score (nSPS) is 10.8. The molecule has 4 nitrogen and oxygen atoms in total. The standard InChI is InChI=1S/C10H14O4/c1-4-5-10(14-9(3)12)6-7-13-8(2)11/h10H,6-7H2,1-3H3. The number of rotatable bonds is 4. The third kappa shape index (κ3) is 7.17. The molecule has 1 atom stereocenters. The molecule has 0 aromatic carbocycles. The lowest BCUT2D eigenvalue weighted by atomic mass is 10.2. The molecule has 0 heterocycles. The molecule has 0 radical (unpaired) electrons. The second-order valence-electron chi connectivity index (χ2n) is 2.62. The molecular weight excluding hydrogens is 184 g/mol. The first-order valence-corrected chi connectivity index (χ1v) is 4.29. The Morgan fingerprint density at radius 3 is 2.36 bits per heavy atom. The molecule has 4 heteroatoms. The molecule has 0 fully saturated rings. The van der Waals surface area contributed by atoms with Crippen LogP contribution in [-0.2, 0) is 19.1 Å². The smallest absolute Gasteiger partial charge is 0.303 e. The SMILES string of the molecule is CC#CC(CCOC(C)=O)OC(C)=O. The largest absolute Gasteiger partial charge is 0.466 e. The Hall–Kier alpha value is -1.50. The van der Waals surface area contributed by atoms with Crippen LogP contribution in [0.2, 0.25) is 0 Å². The molecule has 1 unspecified atom stereocenters. The molecule has 78 valence electrons. The summed E-state index contributed by atoms with van der Waals surface area (Å²) in [6.07, 6.45) is -0.0863. The topological polar surface area (TPSA) is 52.6 Å². The van der Waals surface area contributed by atoms with Gasteiger partial charge in [0.25, 0.3) is 0 Å². The van der Waals surface area contributed by atoms with Gasteiger partial charge in [0.15, 0.2) is 6.10 Å². The molecule has 0 saturated carbocycles. The van der Waals surface area contributed by atoms with Crippen LogP contribution in [-0.4, -0.2) is 24.6 Å². The minimum atomic E-state index is -0.489. The van der Waals surface area contributed by atoms with E-state index < -0.39 is 6.10 Å². The zero-order valence-electron chi connectivity index (χ0n) is 8.62. The molecule has 0 aromatic heterocycles. The van der Waals surface area contributed by atoms with Crippen LogP contribution in [0, 0.1) is 11.8 Å². The highest BCUT2D eigenvalue weighted by Gasteiger charge is 2.08. The maximum absolute atomic E-state index is 10.6. The van der Waals surface area contributed by atoms with Crippen molar-refractivity contribution in [2.24, 2.45) is 0 Å². The summed E-state index contributed by atoms with van der Waals surface area (Å²) in [5.74, 6) is 4.61. The zero-order chi connectivity index (χ0) is 11.0. The highest BCUT2D eigenvalue weighted by atomic mass is 16.6. The van der Waals surface area contributed by atoms with Crippen molar-refractivity contribution in [3.8, 4) is 11.8 Å². The highest BCUT2D eigenvalue weighted by molar-refractivity contribution is 5.66. The Balaban J connectivity index is 3.89. The average Bonchev–Trinajstić information content (AvgIpc) is 2.02. The number of carbonyl (C=O) groups is 2. The first kappa shape index (κ1) is 12.5. The first-order chi connectivity index (χ1) is 6.56.